The smallest absolute Gasteiger partial charge is 0.213 e. The van der Waals surface area contributed by atoms with Crippen LogP contribution in [-0.2, 0) is 16.6 Å². The number of benzene rings is 1. The van der Waals surface area contributed by atoms with E-state index in [1.54, 1.807) is 6.33 Å². The van der Waals surface area contributed by atoms with E-state index >= 15 is 0 Å². The van der Waals surface area contributed by atoms with Gasteiger partial charge in [-0.3, -0.25) is 0 Å². The van der Waals surface area contributed by atoms with Gasteiger partial charge in [0.2, 0.25) is 10.0 Å². The Morgan fingerprint density at radius 1 is 1.30 bits per heavy atom. The molecule has 23 heavy (non-hydrogen) atoms. The predicted molar refractivity (Wildman–Crippen MR) is 91.9 cm³/mol. The van der Waals surface area contributed by atoms with Crippen LogP contribution in [0.15, 0.2) is 18.5 Å². The second-order valence-corrected chi connectivity index (χ2v) is 8.27. The summed E-state index contributed by atoms with van der Waals surface area (Å²) in [5.41, 5.74) is 4.17. The van der Waals surface area contributed by atoms with E-state index in [0.717, 1.165) is 16.6 Å². The quantitative estimate of drug-likeness (QED) is 0.833. The number of aryl methyl sites for hydroxylation is 2. The van der Waals surface area contributed by atoms with E-state index in [9.17, 15) is 13.5 Å². The third-order valence-corrected chi connectivity index (χ3v) is 6.07. The van der Waals surface area contributed by atoms with Crippen molar-refractivity contribution in [2.24, 2.45) is 0 Å². The Labute approximate surface area is 137 Å². The number of hydrogen-bond donors (Lipinski definition) is 1. The lowest BCUT2D eigenvalue weighted by atomic mass is 10.1. The molecule has 0 bridgehead atoms. The van der Waals surface area contributed by atoms with Crippen molar-refractivity contribution in [3.05, 3.63) is 29.6 Å². The minimum Gasteiger partial charge on any atom is -0.390 e. The summed E-state index contributed by atoms with van der Waals surface area (Å²) in [5.74, 6) is 0.0999. The molecule has 2 rings (SSSR count). The number of nitrogens with zero attached hydrogens (tertiary/aromatic N) is 3. The normalized spacial score (nSPS) is 13.8. The summed E-state index contributed by atoms with van der Waals surface area (Å²) in [6.45, 7) is 6.28. The molecule has 1 aromatic carbocycles. The monoisotopic (exact) mass is 339 g/mol. The molecular weight excluding hydrogens is 314 g/mol. The van der Waals surface area contributed by atoms with Crippen molar-refractivity contribution in [3.63, 3.8) is 0 Å². The van der Waals surface area contributed by atoms with E-state index in [1.165, 1.54) is 16.9 Å². The van der Waals surface area contributed by atoms with Crippen LogP contribution in [0, 0.1) is 13.8 Å². The molecule has 1 N–H and O–H groups in total. The molecule has 0 spiro atoms. The maximum atomic E-state index is 12.0. The second kappa shape index (κ2) is 6.98. The van der Waals surface area contributed by atoms with E-state index in [2.05, 4.69) is 4.98 Å². The highest BCUT2D eigenvalue weighted by Crippen LogP contribution is 2.18. The Balaban J connectivity index is 2.12. The molecule has 0 fully saturated rings. The highest BCUT2D eigenvalue weighted by Gasteiger charge is 2.20. The van der Waals surface area contributed by atoms with Gasteiger partial charge in [-0.2, -0.15) is 0 Å². The van der Waals surface area contributed by atoms with Gasteiger partial charge in [-0.05, 0) is 43.5 Å². The predicted octanol–water partition coefficient (Wildman–Crippen LogP) is 1.69. The Kier molecular flexibility index (Phi) is 5.44. The molecule has 0 aliphatic rings. The fourth-order valence-electron chi connectivity index (χ4n) is 2.57. The molecule has 0 unspecified atom stereocenters. The number of likely N-dealkylation sites (N-methyl/N-ethyl adjacent to an activating group) is 1. The van der Waals surface area contributed by atoms with Crippen molar-refractivity contribution in [3.8, 4) is 0 Å². The van der Waals surface area contributed by atoms with Crippen LogP contribution in [0.3, 0.4) is 0 Å². The first-order valence-electron chi connectivity index (χ1n) is 7.78. The van der Waals surface area contributed by atoms with Crippen LogP contribution < -0.4 is 0 Å². The van der Waals surface area contributed by atoms with Crippen LogP contribution in [0.5, 0.6) is 0 Å². The number of aromatic nitrogens is 2. The zero-order chi connectivity index (χ0) is 17.2. The molecule has 1 aromatic heterocycles. The molecule has 0 saturated heterocycles. The molecule has 0 aliphatic heterocycles. The maximum absolute atomic E-state index is 12.0. The molecule has 128 valence electrons. The Morgan fingerprint density at radius 2 is 1.96 bits per heavy atom. The number of hydrogen-bond acceptors (Lipinski definition) is 4. The summed E-state index contributed by atoms with van der Waals surface area (Å²) >= 11 is 0. The molecule has 2 aromatic rings. The van der Waals surface area contributed by atoms with Crippen molar-refractivity contribution in [1.29, 1.82) is 0 Å². The number of rotatable bonds is 7. The Hall–Kier alpha value is -1.44. The highest BCUT2D eigenvalue weighted by molar-refractivity contribution is 7.89. The molecule has 7 heteroatoms. The molecule has 1 heterocycles. The zero-order valence-electron chi connectivity index (χ0n) is 14.2. The third kappa shape index (κ3) is 4.10. The fraction of sp³-hybridized carbons (Fsp3) is 0.562. The average molecular weight is 339 g/mol. The minimum absolute atomic E-state index is 0.0762. The van der Waals surface area contributed by atoms with E-state index in [1.807, 2.05) is 37.5 Å². The second-order valence-electron chi connectivity index (χ2n) is 6.07. The Bertz CT molecular complexity index is 783. The number of imidazole rings is 1. The van der Waals surface area contributed by atoms with Crippen LogP contribution in [0.1, 0.15) is 24.5 Å². The topological polar surface area (TPSA) is 75.4 Å². The van der Waals surface area contributed by atoms with Gasteiger partial charge in [0.05, 0.1) is 35.8 Å². The number of fused-ring (bicyclic) bond motifs is 1. The van der Waals surface area contributed by atoms with E-state index in [4.69, 9.17) is 0 Å². The average Bonchev–Trinajstić information content (AvgIpc) is 2.81. The lowest BCUT2D eigenvalue weighted by Crippen LogP contribution is -2.37. The first-order valence-corrected chi connectivity index (χ1v) is 9.39. The molecule has 0 radical (unpaired) electrons. The van der Waals surface area contributed by atoms with Gasteiger partial charge < -0.3 is 9.67 Å². The van der Waals surface area contributed by atoms with Crippen LogP contribution in [0.25, 0.3) is 11.0 Å². The van der Waals surface area contributed by atoms with Gasteiger partial charge >= 0.3 is 0 Å². The molecule has 0 saturated carbocycles. The summed E-state index contributed by atoms with van der Waals surface area (Å²) in [4.78, 5) is 4.35. The number of sulfonamides is 1. The SMILES string of the molecule is CCCS(=O)(=O)N(C)C[C@@H](O)Cn1cnc2cc(C)c(C)cc21. The Morgan fingerprint density at radius 3 is 2.61 bits per heavy atom. The van der Waals surface area contributed by atoms with E-state index in [-0.39, 0.29) is 12.3 Å². The fourth-order valence-corrected chi connectivity index (χ4v) is 3.79. The highest BCUT2D eigenvalue weighted by atomic mass is 32.2. The molecule has 6 nitrogen and oxygen atoms in total. The number of aliphatic hydroxyl groups is 1. The van der Waals surface area contributed by atoms with Gasteiger partial charge in [0.25, 0.3) is 0 Å². The summed E-state index contributed by atoms with van der Waals surface area (Å²) < 4.78 is 27.0. The maximum Gasteiger partial charge on any atom is 0.213 e. The summed E-state index contributed by atoms with van der Waals surface area (Å²) in [7, 11) is -1.78. The van der Waals surface area contributed by atoms with Crippen LogP contribution in [-0.4, -0.2) is 52.8 Å². The zero-order valence-corrected chi connectivity index (χ0v) is 15.0. The van der Waals surface area contributed by atoms with Crippen molar-refractivity contribution in [2.45, 2.75) is 39.8 Å². The third-order valence-electron chi connectivity index (χ3n) is 4.05. The first-order chi connectivity index (χ1) is 10.7. The largest absolute Gasteiger partial charge is 0.390 e. The van der Waals surface area contributed by atoms with Crippen molar-refractivity contribution >= 4 is 21.1 Å². The van der Waals surface area contributed by atoms with Crippen LogP contribution >= 0.6 is 0 Å². The van der Waals surface area contributed by atoms with Gasteiger partial charge in [0, 0.05) is 13.6 Å². The van der Waals surface area contributed by atoms with Crippen LogP contribution in [0.4, 0.5) is 0 Å². The molecule has 1 atom stereocenters. The van der Waals surface area contributed by atoms with Crippen molar-refractivity contribution < 1.29 is 13.5 Å². The van der Waals surface area contributed by atoms with Crippen molar-refractivity contribution in [2.75, 3.05) is 19.3 Å². The lowest BCUT2D eigenvalue weighted by Gasteiger charge is -2.20. The number of aliphatic hydroxyl groups excluding tert-OH is 1. The van der Waals surface area contributed by atoms with Gasteiger partial charge in [0.1, 0.15) is 0 Å². The first kappa shape index (κ1) is 17.9. The van der Waals surface area contributed by atoms with E-state index in [0.29, 0.717) is 13.0 Å². The van der Waals surface area contributed by atoms with Gasteiger partial charge in [-0.1, -0.05) is 6.92 Å². The van der Waals surface area contributed by atoms with Gasteiger partial charge in [-0.25, -0.2) is 17.7 Å². The minimum atomic E-state index is -3.29. The molecule has 0 aliphatic carbocycles. The standard InChI is InChI=1S/C16H25N3O3S/c1-5-6-23(21,22)18(4)9-14(20)10-19-11-17-15-7-12(2)13(3)8-16(15)19/h7-8,11,14,20H,5-6,9-10H2,1-4H3/t14-/m1/s1. The van der Waals surface area contributed by atoms with Gasteiger partial charge in [-0.15, -0.1) is 0 Å². The summed E-state index contributed by atoms with van der Waals surface area (Å²) in [6.07, 6.45) is 1.46. The van der Waals surface area contributed by atoms with Crippen molar-refractivity contribution in [1.82, 2.24) is 13.9 Å². The van der Waals surface area contributed by atoms with Gasteiger partial charge in [0.15, 0.2) is 0 Å². The summed E-state index contributed by atoms with van der Waals surface area (Å²) in [6, 6.07) is 4.06. The molecular formula is C16H25N3O3S. The van der Waals surface area contributed by atoms with Crippen LogP contribution in [0.2, 0.25) is 0 Å². The molecule has 0 amide bonds. The summed E-state index contributed by atoms with van der Waals surface area (Å²) in [5, 5.41) is 10.3. The lowest BCUT2D eigenvalue weighted by molar-refractivity contribution is 0.135. The van der Waals surface area contributed by atoms with E-state index < -0.39 is 16.1 Å².